The Labute approximate surface area is 320 Å². The molecule has 2 fully saturated rings. The molecule has 0 radical (unpaired) electrons. The number of thioether (sulfide) groups is 3. The maximum Gasteiger partial charge on any atom is 1.00 e. The number of ketones is 1. The molecule has 0 spiro atoms. The number of Topliss-reactive ketones (excluding diaryl/α,β-unsaturated/α-hetero) is 1. The summed E-state index contributed by atoms with van der Waals surface area (Å²) in [5.41, 5.74) is -0.138. The van der Waals surface area contributed by atoms with Gasteiger partial charge in [-0.15, -0.1) is 35.7 Å². The molecule has 3 aromatic carbocycles. The summed E-state index contributed by atoms with van der Waals surface area (Å²) in [5, 5.41) is 10.7. The summed E-state index contributed by atoms with van der Waals surface area (Å²) in [4.78, 5) is 18.0. The molecule has 0 saturated carbocycles. The molecule has 2 saturated heterocycles. The Kier molecular flexibility index (Phi) is 24.7. The zero-order valence-corrected chi connectivity index (χ0v) is 32.3. The van der Waals surface area contributed by atoms with E-state index < -0.39 is 5.60 Å². The summed E-state index contributed by atoms with van der Waals surface area (Å²) in [6, 6.07) is 17.0. The SMILES string of the molecule is C.CCN1CCC(=O)CC1.CCN1CCC(O)(c2cc(F)cc(SC)c2)CC1.CSc1c[c-]cc(F)c1.CSc1cc(F)cc(Br)c1.[Li+]. The molecule has 3 aromatic rings. The van der Waals surface area contributed by atoms with Crippen molar-refractivity contribution in [3.63, 3.8) is 0 Å². The van der Waals surface area contributed by atoms with E-state index in [0.717, 1.165) is 76.8 Å². The van der Waals surface area contributed by atoms with Gasteiger partial charge >= 0.3 is 18.9 Å². The molecule has 0 bridgehead atoms. The van der Waals surface area contributed by atoms with Crippen LogP contribution in [-0.4, -0.2) is 78.7 Å². The van der Waals surface area contributed by atoms with E-state index in [4.69, 9.17) is 0 Å². The Hall–Kier alpha value is -0.873. The average molecular weight is 782 g/mol. The molecule has 48 heavy (non-hydrogen) atoms. The number of carbonyl (C=O) groups excluding carboxylic acids is 1. The van der Waals surface area contributed by atoms with Gasteiger partial charge in [-0.05, 0) is 86.7 Å². The van der Waals surface area contributed by atoms with Crippen LogP contribution in [0, 0.1) is 23.5 Å². The fraction of sp³-hybridized carbons (Fsp3) is 0.472. The third-order valence-corrected chi connectivity index (χ3v) is 10.2. The molecule has 1 N–H and O–H groups in total. The number of hydrogen-bond donors (Lipinski definition) is 1. The topological polar surface area (TPSA) is 43.8 Å². The fourth-order valence-corrected chi connectivity index (χ4v) is 6.77. The minimum absolute atomic E-state index is 0. The summed E-state index contributed by atoms with van der Waals surface area (Å²) in [6.07, 6.45) is 8.64. The predicted molar refractivity (Wildman–Crippen MR) is 199 cm³/mol. The monoisotopic (exact) mass is 780 g/mol. The van der Waals surface area contributed by atoms with E-state index in [9.17, 15) is 23.1 Å². The second-order valence-electron chi connectivity index (χ2n) is 10.7. The fourth-order valence-electron chi connectivity index (χ4n) is 4.78. The number of likely N-dealkylation sites (tertiary alicyclic amines) is 2. The summed E-state index contributed by atoms with van der Waals surface area (Å²) >= 11 is 7.74. The van der Waals surface area contributed by atoms with E-state index in [-0.39, 0.29) is 43.7 Å². The van der Waals surface area contributed by atoms with Crippen molar-refractivity contribution in [2.75, 3.05) is 58.0 Å². The number of rotatable bonds is 6. The van der Waals surface area contributed by atoms with Crippen LogP contribution in [0.2, 0.25) is 0 Å². The van der Waals surface area contributed by atoms with Gasteiger partial charge in [0.15, 0.2) is 0 Å². The van der Waals surface area contributed by atoms with Crippen molar-refractivity contribution in [3.05, 3.63) is 88.2 Å². The van der Waals surface area contributed by atoms with E-state index in [1.54, 1.807) is 6.07 Å². The maximum absolute atomic E-state index is 13.5. The Bertz CT molecular complexity index is 1340. The summed E-state index contributed by atoms with van der Waals surface area (Å²) in [5.74, 6) is -0.247. The van der Waals surface area contributed by atoms with Gasteiger partial charge in [-0.3, -0.25) is 9.18 Å². The first kappa shape index (κ1) is 47.1. The molecule has 262 valence electrons. The molecule has 0 amide bonds. The number of benzene rings is 3. The van der Waals surface area contributed by atoms with Gasteiger partial charge in [0.05, 0.1) is 5.60 Å². The largest absolute Gasteiger partial charge is 1.00 e. The minimum Gasteiger partial charge on any atom is -0.385 e. The van der Waals surface area contributed by atoms with Gasteiger partial charge < -0.3 is 14.9 Å². The zero-order valence-electron chi connectivity index (χ0n) is 28.3. The van der Waals surface area contributed by atoms with Crippen LogP contribution in [-0.2, 0) is 10.4 Å². The van der Waals surface area contributed by atoms with Gasteiger partial charge in [0.2, 0.25) is 0 Å². The molecular formula is C36H49BrF3LiN2O2S3. The number of carbonyl (C=O) groups is 1. The van der Waals surface area contributed by atoms with Gasteiger partial charge in [-0.2, -0.15) is 23.9 Å². The van der Waals surface area contributed by atoms with Gasteiger partial charge in [0, 0.05) is 59.1 Å². The van der Waals surface area contributed by atoms with Crippen LogP contribution in [0.3, 0.4) is 0 Å². The average Bonchev–Trinajstić information content (AvgIpc) is 3.05. The molecule has 0 atom stereocenters. The van der Waals surface area contributed by atoms with Crippen LogP contribution in [0.1, 0.15) is 52.5 Å². The Morgan fingerprint density at radius 3 is 1.69 bits per heavy atom. The molecule has 2 aliphatic rings. The Morgan fingerprint density at radius 2 is 1.23 bits per heavy atom. The van der Waals surface area contributed by atoms with Crippen LogP contribution >= 0.6 is 51.2 Å². The first-order valence-corrected chi connectivity index (χ1v) is 19.7. The number of hydrogen-bond acceptors (Lipinski definition) is 7. The molecule has 4 nitrogen and oxygen atoms in total. The van der Waals surface area contributed by atoms with Gasteiger partial charge in [0.1, 0.15) is 17.4 Å². The normalized spacial score (nSPS) is 15.6. The van der Waals surface area contributed by atoms with Crippen molar-refractivity contribution in [2.45, 2.75) is 67.2 Å². The van der Waals surface area contributed by atoms with Crippen LogP contribution in [0.5, 0.6) is 0 Å². The number of piperidine rings is 2. The Morgan fingerprint density at radius 1 is 0.750 bits per heavy atom. The summed E-state index contributed by atoms with van der Waals surface area (Å²) < 4.78 is 39.2. The third kappa shape index (κ3) is 17.4. The van der Waals surface area contributed by atoms with Crippen molar-refractivity contribution in [3.8, 4) is 0 Å². The third-order valence-electron chi connectivity index (χ3n) is 7.67. The number of aliphatic hydroxyl groups is 1. The molecular weight excluding hydrogens is 732 g/mol. The molecule has 0 aromatic heterocycles. The molecule has 0 unspecified atom stereocenters. The van der Waals surface area contributed by atoms with Crippen LogP contribution in [0.15, 0.2) is 73.8 Å². The zero-order chi connectivity index (χ0) is 34.1. The molecule has 12 heteroatoms. The summed E-state index contributed by atoms with van der Waals surface area (Å²) in [6.45, 7) is 10.1. The first-order valence-electron chi connectivity index (χ1n) is 15.2. The second kappa shape index (κ2) is 25.1. The van der Waals surface area contributed by atoms with E-state index in [1.165, 1.54) is 71.7 Å². The van der Waals surface area contributed by atoms with Crippen LogP contribution in [0.4, 0.5) is 13.2 Å². The number of nitrogens with zero attached hydrogens (tertiary/aromatic N) is 2. The van der Waals surface area contributed by atoms with E-state index in [0.29, 0.717) is 18.6 Å². The minimum atomic E-state index is -0.863. The van der Waals surface area contributed by atoms with Crippen molar-refractivity contribution in [1.82, 2.24) is 9.80 Å². The van der Waals surface area contributed by atoms with Crippen molar-refractivity contribution < 1.29 is 41.9 Å². The van der Waals surface area contributed by atoms with E-state index >= 15 is 0 Å². The standard InChI is InChI=1S/C14H20FNOS.C7H6BrFS.C7H6FS.C7H13NO.CH4.Li/c1-3-16-6-4-14(17,5-7-16)11-8-12(15)10-13(9-11)18-2;1-10-7-3-5(8)2-6(9)4-7;1-9-7-4-2-3-6(8)5-7;1-2-8-5-3-7(9)4-6-8;;/h8-10,17H,3-7H2,1-2H3;2-4H,1H3;3-5H,1H3;2-6H2,1H3;1H4;/q;;-1;;;+1. The van der Waals surface area contributed by atoms with Gasteiger partial charge in [0.25, 0.3) is 0 Å². The molecule has 5 rings (SSSR count). The molecule has 0 aliphatic carbocycles. The summed E-state index contributed by atoms with van der Waals surface area (Å²) in [7, 11) is 0. The second-order valence-corrected chi connectivity index (χ2v) is 14.3. The van der Waals surface area contributed by atoms with Crippen LogP contribution < -0.4 is 18.9 Å². The Balaban J connectivity index is 0.000000638. The predicted octanol–water partition coefficient (Wildman–Crippen LogP) is 6.82. The van der Waals surface area contributed by atoms with Crippen LogP contribution in [0.25, 0.3) is 0 Å². The quantitative estimate of drug-likeness (QED) is 0.168. The van der Waals surface area contributed by atoms with Crippen molar-refractivity contribution in [2.24, 2.45) is 0 Å². The molecule has 2 aliphatic heterocycles. The van der Waals surface area contributed by atoms with Crippen molar-refractivity contribution in [1.29, 1.82) is 0 Å². The van der Waals surface area contributed by atoms with Gasteiger partial charge in [-0.25, -0.2) is 8.78 Å². The van der Waals surface area contributed by atoms with Gasteiger partial charge in [-0.1, -0.05) is 42.1 Å². The number of halogens is 4. The van der Waals surface area contributed by atoms with E-state index in [2.05, 4.69) is 45.6 Å². The maximum atomic E-state index is 13.5. The molecule has 2 heterocycles. The smallest absolute Gasteiger partial charge is 0.385 e. The van der Waals surface area contributed by atoms with Crippen molar-refractivity contribution >= 4 is 57.0 Å². The first-order chi connectivity index (χ1) is 21.9. The van der Waals surface area contributed by atoms with E-state index in [1.807, 2.05) is 30.9 Å².